The second kappa shape index (κ2) is 5.69. The molecular weight excluding hydrogens is 276 g/mol. The van der Waals surface area contributed by atoms with Crippen LogP contribution >= 0.6 is 0 Å². The number of aromatic nitrogens is 2. The fourth-order valence-corrected chi connectivity index (χ4v) is 3.45. The maximum absolute atomic E-state index is 12.8. The zero-order valence-electron chi connectivity index (χ0n) is 13.5. The SMILES string of the molecule is Cn1nc(C2CC2)cc1C(=O)N1CCCN(CC2CC2)CC1. The molecule has 2 saturated carbocycles. The van der Waals surface area contributed by atoms with Crippen LogP contribution in [-0.2, 0) is 7.05 Å². The summed E-state index contributed by atoms with van der Waals surface area (Å²) in [7, 11) is 1.90. The lowest BCUT2D eigenvalue weighted by Gasteiger charge is -2.21. The van der Waals surface area contributed by atoms with E-state index in [1.54, 1.807) is 4.68 Å². The molecule has 1 aliphatic heterocycles. The van der Waals surface area contributed by atoms with Gasteiger partial charge in [-0.15, -0.1) is 0 Å². The molecule has 3 aliphatic rings. The first kappa shape index (κ1) is 14.2. The molecule has 5 heteroatoms. The van der Waals surface area contributed by atoms with Gasteiger partial charge in [0, 0.05) is 39.1 Å². The Hall–Kier alpha value is -1.36. The van der Waals surface area contributed by atoms with Crippen LogP contribution in [-0.4, -0.2) is 58.2 Å². The Morgan fingerprint density at radius 1 is 1.18 bits per heavy atom. The summed E-state index contributed by atoms with van der Waals surface area (Å²) in [6, 6.07) is 2.02. The lowest BCUT2D eigenvalue weighted by atomic mass is 10.2. The average Bonchev–Trinajstić information content (AvgIpc) is 3.38. The Labute approximate surface area is 132 Å². The largest absolute Gasteiger partial charge is 0.336 e. The van der Waals surface area contributed by atoms with E-state index in [9.17, 15) is 4.79 Å². The van der Waals surface area contributed by atoms with Crippen LogP contribution in [0.3, 0.4) is 0 Å². The van der Waals surface area contributed by atoms with Gasteiger partial charge in [-0.2, -0.15) is 5.10 Å². The van der Waals surface area contributed by atoms with Crippen molar-refractivity contribution in [1.29, 1.82) is 0 Å². The topological polar surface area (TPSA) is 41.4 Å². The molecular formula is C17H26N4O. The van der Waals surface area contributed by atoms with Crippen LogP contribution in [0.1, 0.15) is 54.2 Å². The molecule has 3 fully saturated rings. The highest BCUT2D eigenvalue weighted by molar-refractivity contribution is 5.92. The number of rotatable bonds is 4. The van der Waals surface area contributed by atoms with Crippen molar-refractivity contribution < 1.29 is 4.79 Å². The molecule has 0 spiro atoms. The van der Waals surface area contributed by atoms with Gasteiger partial charge in [0.1, 0.15) is 5.69 Å². The lowest BCUT2D eigenvalue weighted by Crippen LogP contribution is -2.36. The fraction of sp³-hybridized carbons (Fsp3) is 0.765. The summed E-state index contributed by atoms with van der Waals surface area (Å²) in [5.41, 5.74) is 1.87. The molecule has 4 rings (SSSR count). The van der Waals surface area contributed by atoms with Crippen molar-refractivity contribution in [3.63, 3.8) is 0 Å². The summed E-state index contributed by atoms with van der Waals surface area (Å²) < 4.78 is 1.78. The number of hydrogen-bond donors (Lipinski definition) is 0. The molecule has 2 aliphatic carbocycles. The molecule has 0 unspecified atom stereocenters. The number of nitrogens with zero attached hydrogens (tertiary/aromatic N) is 4. The summed E-state index contributed by atoms with van der Waals surface area (Å²) in [5, 5.41) is 4.53. The highest BCUT2D eigenvalue weighted by Crippen LogP contribution is 2.39. The number of carbonyl (C=O) groups is 1. The Morgan fingerprint density at radius 3 is 2.73 bits per heavy atom. The van der Waals surface area contributed by atoms with Gasteiger partial charge in [-0.05, 0) is 50.6 Å². The van der Waals surface area contributed by atoms with Gasteiger partial charge in [-0.1, -0.05) is 0 Å². The molecule has 120 valence electrons. The first-order valence-electron chi connectivity index (χ1n) is 8.76. The summed E-state index contributed by atoms with van der Waals surface area (Å²) in [6.45, 7) is 5.13. The van der Waals surface area contributed by atoms with E-state index in [4.69, 9.17) is 0 Å². The predicted octanol–water partition coefficient (Wildman–Crippen LogP) is 1.86. The predicted molar refractivity (Wildman–Crippen MR) is 84.9 cm³/mol. The molecule has 2 heterocycles. The van der Waals surface area contributed by atoms with E-state index < -0.39 is 0 Å². The maximum Gasteiger partial charge on any atom is 0.272 e. The fourth-order valence-electron chi connectivity index (χ4n) is 3.45. The van der Waals surface area contributed by atoms with E-state index >= 15 is 0 Å². The monoisotopic (exact) mass is 302 g/mol. The normalized spacial score (nSPS) is 23.6. The molecule has 1 aromatic rings. The van der Waals surface area contributed by atoms with Crippen molar-refractivity contribution in [3.05, 3.63) is 17.5 Å². The lowest BCUT2D eigenvalue weighted by molar-refractivity contribution is 0.0750. The molecule has 5 nitrogen and oxygen atoms in total. The van der Waals surface area contributed by atoms with Gasteiger partial charge in [0.2, 0.25) is 0 Å². The molecule has 0 bridgehead atoms. The summed E-state index contributed by atoms with van der Waals surface area (Å²) >= 11 is 0. The van der Waals surface area contributed by atoms with Gasteiger partial charge in [-0.25, -0.2) is 0 Å². The minimum Gasteiger partial charge on any atom is -0.336 e. The minimum absolute atomic E-state index is 0.162. The van der Waals surface area contributed by atoms with E-state index in [-0.39, 0.29) is 5.91 Å². The van der Waals surface area contributed by atoms with E-state index in [1.165, 1.54) is 32.2 Å². The second-order valence-corrected chi connectivity index (χ2v) is 7.24. The zero-order chi connectivity index (χ0) is 15.1. The Balaban J connectivity index is 1.41. The van der Waals surface area contributed by atoms with Gasteiger partial charge in [-0.3, -0.25) is 9.48 Å². The van der Waals surface area contributed by atoms with Crippen LogP contribution in [0.5, 0.6) is 0 Å². The number of carbonyl (C=O) groups excluding carboxylic acids is 1. The van der Waals surface area contributed by atoms with Gasteiger partial charge in [0.05, 0.1) is 5.69 Å². The highest BCUT2D eigenvalue weighted by Gasteiger charge is 2.30. The Bertz CT molecular complexity index is 559. The van der Waals surface area contributed by atoms with Crippen molar-refractivity contribution in [3.8, 4) is 0 Å². The Morgan fingerprint density at radius 2 is 2.00 bits per heavy atom. The summed E-state index contributed by atoms with van der Waals surface area (Å²) in [6.07, 6.45) is 6.34. The summed E-state index contributed by atoms with van der Waals surface area (Å²) in [4.78, 5) is 17.4. The van der Waals surface area contributed by atoms with Crippen molar-refractivity contribution in [2.75, 3.05) is 32.7 Å². The molecule has 0 atom stereocenters. The first-order chi connectivity index (χ1) is 10.7. The maximum atomic E-state index is 12.8. The second-order valence-electron chi connectivity index (χ2n) is 7.24. The molecule has 1 aromatic heterocycles. The first-order valence-corrected chi connectivity index (χ1v) is 8.76. The average molecular weight is 302 g/mol. The van der Waals surface area contributed by atoms with Crippen LogP contribution in [0.2, 0.25) is 0 Å². The number of amides is 1. The van der Waals surface area contributed by atoms with Crippen LogP contribution < -0.4 is 0 Å². The third kappa shape index (κ3) is 3.05. The standard InChI is InChI=1S/C17H26N4O/c1-19-16(11-15(18-19)14-5-6-14)17(22)21-8-2-7-20(9-10-21)12-13-3-4-13/h11,13-14H,2-10,12H2,1H3. The Kier molecular flexibility index (Phi) is 3.68. The van der Waals surface area contributed by atoms with Crippen LogP contribution in [0.15, 0.2) is 6.07 Å². The third-order valence-corrected chi connectivity index (χ3v) is 5.20. The van der Waals surface area contributed by atoms with Crippen molar-refractivity contribution in [2.24, 2.45) is 13.0 Å². The third-order valence-electron chi connectivity index (χ3n) is 5.20. The zero-order valence-corrected chi connectivity index (χ0v) is 13.5. The number of hydrogen-bond acceptors (Lipinski definition) is 3. The van der Waals surface area contributed by atoms with Gasteiger partial charge >= 0.3 is 0 Å². The molecule has 0 N–H and O–H groups in total. The molecule has 0 aromatic carbocycles. The highest BCUT2D eigenvalue weighted by atomic mass is 16.2. The molecule has 1 saturated heterocycles. The van der Waals surface area contributed by atoms with Crippen LogP contribution in [0.4, 0.5) is 0 Å². The van der Waals surface area contributed by atoms with Gasteiger partial charge in [0.25, 0.3) is 5.91 Å². The van der Waals surface area contributed by atoms with E-state index in [1.807, 2.05) is 18.0 Å². The van der Waals surface area contributed by atoms with E-state index in [0.717, 1.165) is 49.9 Å². The van der Waals surface area contributed by atoms with E-state index in [2.05, 4.69) is 10.00 Å². The van der Waals surface area contributed by atoms with Gasteiger partial charge < -0.3 is 9.80 Å². The quantitative estimate of drug-likeness (QED) is 0.852. The smallest absolute Gasteiger partial charge is 0.272 e. The van der Waals surface area contributed by atoms with Crippen molar-refractivity contribution >= 4 is 5.91 Å². The summed E-state index contributed by atoms with van der Waals surface area (Å²) in [5.74, 6) is 1.70. The minimum atomic E-state index is 0.162. The van der Waals surface area contributed by atoms with Gasteiger partial charge in [0.15, 0.2) is 0 Å². The molecule has 1 amide bonds. The van der Waals surface area contributed by atoms with Crippen molar-refractivity contribution in [1.82, 2.24) is 19.6 Å². The van der Waals surface area contributed by atoms with Crippen LogP contribution in [0, 0.1) is 5.92 Å². The molecule has 0 radical (unpaired) electrons. The van der Waals surface area contributed by atoms with E-state index in [0.29, 0.717) is 5.92 Å². The van der Waals surface area contributed by atoms with Crippen LogP contribution in [0.25, 0.3) is 0 Å². The number of aryl methyl sites for hydroxylation is 1. The van der Waals surface area contributed by atoms with Crippen molar-refractivity contribution in [2.45, 2.75) is 38.0 Å². The molecule has 22 heavy (non-hydrogen) atoms.